The maximum absolute atomic E-state index is 12.5. The smallest absolute Gasteiger partial charge is 0.261 e. The van der Waals surface area contributed by atoms with E-state index in [1.165, 1.54) is 49.5 Å². The van der Waals surface area contributed by atoms with Gasteiger partial charge >= 0.3 is 0 Å². The Kier molecular flexibility index (Phi) is 5.19. The fourth-order valence-electron chi connectivity index (χ4n) is 2.08. The molecule has 0 unspecified atom stereocenters. The summed E-state index contributed by atoms with van der Waals surface area (Å²) in [4.78, 5) is 11.5. The summed E-state index contributed by atoms with van der Waals surface area (Å²) in [6, 6.07) is 9.64. The average Bonchev–Trinajstić information content (AvgIpc) is 2.55. The van der Waals surface area contributed by atoms with Crippen molar-refractivity contribution in [1.82, 2.24) is 5.32 Å². The van der Waals surface area contributed by atoms with Crippen molar-refractivity contribution in [3.05, 3.63) is 53.6 Å². The normalized spacial score (nSPS) is 11.8. The van der Waals surface area contributed by atoms with Crippen LogP contribution >= 0.6 is 0 Å². The van der Waals surface area contributed by atoms with Crippen LogP contribution in [0.2, 0.25) is 0 Å². The number of carbonyl (C=O) groups is 1. The molecular weight excluding hydrogens is 364 g/mol. The molecule has 1 amide bonds. The third kappa shape index (κ3) is 4.37. The number of aryl methyl sites for hydroxylation is 1. The molecule has 9 heteroatoms. The van der Waals surface area contributed by atoms with Crippen LogP contribution < -0.4 is 10.0 Å². The van der Waals surface area contributed by atoms with Crippen LogP contribution in [0.4, 0.5) is 5.69 Å². The summed E-state index contributed by atoms with van der Waals surface area (Å²) >= 11 is 0. The summed E-state index contributed by atoms with van der Waals surface area (Å²) < 4.78 is 50.7. The molecule has 0 aromatic heterocycles. The van der Waals surface area contributed by atoms with E-state index < -0.39 is 19.9 Å². The van der Waals surface area contributed by atoms with Crippen molar-refractivity contribution >= 4 is 31.5 Å². The monoisotopic (exact) mass is 382 g/mol. The Morgan fingerprint density at radius 2 is 1.48 bits per heavy atom. The fourth-order valence-corrected chi connectivity index (χ4v) is 3.84. The number of rotatable bonds is 5. The third-order valence-electron chi connectivity index (χ3n) is 3.54. The van der Waals surface area contributed by atoms with Gasteiger partial charge in [0.2, 0.25) is 0 Å². The van der Waals surface area contributed by atoms with E-state index >= 15 is 0 Å². The van der Waals surface area contributed by atoms with Crippen LogP contribution in [0, 0.1) is 6.92 Å². The molecule has 0 saturated carbocycles. The average molecular weight is 382 g/mol. The summed E-state index contributed by atoms with van der Waals surface area (Å²) in [5.41, 5.74) is 1.09. The van der Waals surface area contributed by atoms with Gasteiger partial charge in [0.25, 0.3) is 15.9 Å². The zero-order valence-electron chi connectivity index (χ0n) is 13.9. The molecule has 2 rings (SSSR count). The van der Waals surface area contributed by atoms with Crippen molar-refractivity contribution in [3.8, 4) is 0 Å². The van der Waals surface area contributed by atoms with Crippen molar-refractivity contribution in [3.63, 3.8) is 0 Å². The highest BCUT2D eigenvalue weighted by Crippen LogP contribution is 2.23. The highest BCUT2D eigenvalue weighted by molar-refractivity contribution is 7.92. The first kappa shape index (κ1) is 18.9. The van der Waals surface area contributed by atoms with Gasteiger partial charge in [-0.05, 0) is 48.9 Å². The minimum Gasteiger partial charge on any atom is -0.355 e. The molecule has 2 N–H and O–H groups in total. The maximum atomic E-state index is 12.5. The van der Waals surface area contributed by atoms with E-state index in [1.807, 2.05) is 0 Å². The van der Waals surface area contributed by atoms with Crippen molar-refractivity contribution in [2.45, 2.75) is 16.7 Å². The highest BCUT2D eigenvalue weighted by Gasteiger charge is 2.18. The number of hydrogen-bond donors (Lipinski definition) is 2. The Balaban J connectivity index is 2.37. The van der Waals surface area contributed by atoms with Gasteiger partial charge in [0.15, 0.2) is 9.84 Å². The lowest BCUT2D eigenvalue weighted by molar-refractivity contribution is 0.0963. The molecule has 0 fully saturated rings. The van der Waals surface area contributed by atoms with Gasteiger partial charge in [0.1, 0.15) is 0 Å². The van der Waals surface area contributed by atoms with Crippen LogP contribution in [0.1, 0.15) is 15.9 Å². The lowest BCUT2D eigenvalue weighted by Crippen LogP contribution is -2.18. The van der Waals surface area contributed by atoms with Gasteiger partial charge in [-0.15, -0.1) is 0 Å². The van der Waals surface area contributed by atoms with E-state index in [4.69, 9.17) is 0 Å². The van der Waals surface area contributed by atoms with Gasteiger partial charge in [-0.25, -0.2) is 16.8 Å². The third-order valence-corrected chi connectivity index (χ3v) is 6.03. The molecule has 7 nitrogen and oxygen atoms in total. The standard InChI is InChI=1S/C16H18N2O5S2/c1-11-4-7-14(24(3,20)21)10-15(11)18-25(22,23)13-8-5-12(6-9-13)16(19)17-2/h4-10,18H,1-3H3,(H,17,19). The minimum absolute atomic E-state index is 0.0192. The van der Waals surface area contributed by atoms with Gasteiger partial charge in [0, 0.05) is 18.9 Å². The van der Waals surface area contributed by atoms with Crippen LogP contribution in [0.25, 0.3) is 0 Å². The lowest BCUT2D eigenvalue weighted by atomic mass is 10.2. The molecule has 0 aliphatic heterocycles. The van der Waals surface area contributed by atoms with Crippen LogP contribution in [0.5, 0.6) is 0 Å². The Labute approximate surface area is 147 Å². The van der Waals surface area contributed by atoms with Crippen molar-refractivity contribution in [2.75, 3.05) is 18.0 Å². The first-order chi connectivity index (χ1) is 11.5. The van der Waals surface area contributed by atoms with Crippen LogP contribution in [-0.2, 0) is 19.9 Å². The number of nitrogens with one attached hydrogen (secondary N) is 2. The summed E-state index contributed by atoms with van der Waals surface area (Å²) in [6.07, 6.45) is 1.05. The first-order valence-corrected chi connectivity index (χ1v) is 10.6. The topological polar surface area (TPSA) is 109 Å². The molecular formula is C16H18N2O5S2. The largest absolute Gasteiger partial charge is 0.355 e. The molecule has 0 bridgehead atoms. The number of sulfonamides is 1. The molecule has 0 saturated heterocycles. The van der Waals surface area contributed by atoms with E-state index in [9.17, 15) is 21.6 Å². The molecule has 2 aromatic rings. The predicted octanol–water partition coefficient (Wildman–Crippen LogP) is 1.56. The van der Waals surface area contributed by atoms with E-state index in [1.54, 1.807) is 6.92 Å². The molecule has 25 heavy (non-hydrogen) atoms. The molecule has 2 aromatic carbocycles. The SMILES string of the molecule is CNC(=O)c1ccc(S(=O)(=O)Nc2cc(S(C)(=O)=O)ccc2C)cc1. The van der Waals surface area contributed by atoms with E-state index in [0.717, 1.165) is 6.26 Å². The molecule has 0 aliphatic rings. The lowest BCUT2D eigenvalue weighted by Gasteiger charge is -2.12. The van der Waals surface area contributed by atoms with E-state index in [-0.39, 0.29) is 21.4 Å². The molecule has 0 aliphatic carbocycles. The van der Waals surface area contributed by atoms with Crippen molar-refractivity contribution in [2.24, 2.45) is 0 Å². The summed E-state index contributed by atoms with van der Waals surface area (Å²) in [5, 5.41) is 2.45. The second kappa shape index (κ2) is 6.85. The van der Waals surface area contributed by atoms with E-state index in [0.29, 0.717) is 11.1 Å². The Morgan fingerprint density at radius 1 is 0.920 bits per heavy atom. The maximum Gasteiger partial charge on any atom is 0.261 e. The minimum atomic E-state index is -3.92. The molecule has 0 spiro atoms. The Bertz CT molecular complexity index is 1010. The number of amides is 1. The van der Waals surface area contributed by atoms with Crippen LogP contribution in [0.3, 0.4) is 0 Å². The molecule has 0 heterocycles. The fraction of sp³-hybridized carbons (Fsp3) is 0.188. The number of carbonyl (C=O) groups excluding carboxylic acids is 1. The van der Waals surface area contributed by atoms with Gasteiger partial charge in [0.05, 0.1) is 15.5 Å². The Hall–Kier alpha value is -2.39. The van der Waals surface area contributed by atoms with Crippen LogP contribution in [0.15, 0.2) is 52.3 Å². The second-order valence-electron chi connectivity index (χ2n) is 5.46. The number of hydrogen-bond acceptors (Lipinski definition) is 5. The molecule has 134 valence electrons. The van der Waals surface area contributed by atoms with Gasteiger partial charge in [-0.2, -0.15) is 0 Å². The number of sulfone groups is 1. The van der Waals surface area contributed by atoms with Gasteiger partial charge in [-0.1, -0.05) is 6.07 Å². The Morgan fingerprint density at radius 3 is 2.00 bits per heavy atom. The van der Waals surface area contributed by atoms with E-state index in [2.05, 4.69) is 10.0 Å². The van der Waals surface area contributed by atoms with Crippen molar-refractivity contribution < 1.29 is 21.6 Å². The molecule has 0 radical (unpaired) electrons. The summed E-state index contributed by atoms with van der Waals surface area (Å²) in [6.45, 7) is 1.67. The van der Waals surface area contributed by atoms with Crippen LogP contribution in [-0.4, -0.2) is 36.0 Å². The zero-order chi connectivity index (χ0) is 18.8. The summed E-state index contributed by atoms with van der Waals surface area (Å²) in [5.74, 6) is -0.325. The number of benzene rings is 2. The predicted molar refractivity (Wildman–Crippen MR) is 94.9 cm³/mol. The van der Waals surface area contributed by atoms with Gasteiger partial charge < -0.3 is 5.32 Å². The van der Waals surface area contributed by atoms with Crippen molar-refractivity contribution in [1.29, 1.82) is 0 Å². The second-order valence-corrected chi connectivity index (χ2v) is 9.16. The summed E-state index contributed by atoms with van der Waals surface area (Å²) in [7, 11) is -5.91. The number of anilines is 1. The zero-order valence-corrected chi connectivity index (χ0v) is 15.5. The first-order valence-electron chi connectivity index (χ1n) is 7.20. The molecule has 0 atom stereocenters. The quantitative estimate of drug-likeness (QED) is 0.815. The van der Waals surface area contributed by atoms with Gasteiger partial charge in [-0.3, -0.25) is 9.52 Å². The highest BCUT2D eigenvalue weighted by atomic mass is 32.2.